The summed E-state index contributed by atoms with van der Waals surface area (Å²) in [5.41, 5.74) is 17.2. The fourth-order valence-corrected chi connectivity index (χ4v) is 2.02. The number of aliphatic imine (C=N–C) groups is 2. The normalized spacial score (nSPS) is 25.8. The van der Waals surface area contributed by atoms with E-state index in [1.54, 1.807) is 17.4 Å². The molecule has 1 aromatic carbocycles. The van der Waals surface area contributed by atoms with E-state index in [4.69, 9.17) is 11.5 Å². The van der Waals surface area contributed by atoms with E-state index >= 15 is 0 Å². The van der Waals surface area contributed by atoms with Gasteiger partial charge in [-0.1, -0.05) is 29.8 Å². The minimum Gasteiger partial charge on any atom is -0.381 e. The van der Waals surface area contributed by atoms with E-state index in [2.05, 4.69) is 15.4 Å². The van der Waals surface area contributed by atoms with Gasteiger partial charge in [0.15, 0.2) is 11.7 Å². The number of nitrogens with one attached hydrogen (secondary N) is 1. The van der Waals surface area contributed by atoms with E-state index in [9.17, 15) is 0 Å². The minimum absolute atomic E-state index is 0.352. The van der Waals surface area contributed by atoms with E-state index in [1.165, 1.54) is 0 Å². The van der Waals surface area contributed by atoms with Gasteiger partial charge in [0, 0.05) is 18.0 Å². The van der Waals surface area contributed by atoms with Gasteiger partial charge in [-0.05, 0) is 6.92 Å². The van der Waals surface area contributed by atoms with E-state index in [-0.39, 0.29) is 0 Å². The predicted octanol–water partition coefficient (Wildman–Crippen LogP) is 0.125. The molecule has 1 aromatic rings. The van der Waals surface area contributed by atoms with Gasteiger partial charge >= 0.3 is 0 Å². The molecular formula is C12H14N6. The third kappa shape index (κ3) is 1.59. The summed E-state index contributed by atoms with van der Waals surface area (Å²) in [7, 11) is 0. The predicted molar refractivity (Wildman–Crippen MR) is 70.2 cm³/mol. The summed E-state index contributed by atoms with van der Waals surface area (Å²) >= 11 is 0. The van der Waals surface area contributed by atoms with Crippen molar-refractivity contribution < 1.29 is 0 Å². The Hall–Kier alpha value is -2.18. The van der Waals surface area contributed by atoms with E-state index < -0.39 is 5.79 Å². The lowest BCUT2D eigenvalue weighted by molar-refractivity contribution is 0.274. The third-order valence-corrected chi connectivity index (χ3v) is 2.92. The number of nitrogens with two attached hydrogens (primary N) is 2. The Bertz CT molecular complexity index is 588. The largest absolute Gasteiger partial charge is 0.381 e. The molecule has 0 bridgehead atoms. The highest BCUT2D eigenvalue weighted by molar-refractivity contribution is 6.40. The van der Waals surface area contributed by atoms with Crippen LogP contribution in [0.2, 0.25) is 0 Å². The SMILES string of the molecule is Cc1cccc(C2(N)N=C3C(N)=NC=CN3N2)c1. The molecule has 6 nitrogen and oxygen atoms in total. The number of aryl methyl sites for hydroxylation is 1. The second-order valence-corrected chi connectivity index (χ2v) is 4.37. The van der Waals surface area contributed by atoms with E-state index in [1.807, 2.05) is 31.2 Å². The van der Waals surface area contributed by atoms with Crippen molar-refractivity contribution >= 4 is 11.7 Å². The first kappa shape index (κ1) is 10.9. The first-order valence-electron chi connectivity index (χ1n) is 5.62. The molecule has 0 fully saturated rings. The fraction of sp³-hybridized carbons (Fsp3) is 0.167. The number of rotatable bonds is 1. The van der Waals surface area contributed by atoms with Crippen LogP contribution < -0.4 is 16.9 Å². The molecular weight excluding hydrogens is 228 g/mol. The van der Waals surface area contributed by atoms with Crippen molar-refractivity contribution in [3.05, 3.63) is 47.8 Å². The number of hydrogen-bond donors (Lipinski definition) is 3. The van der Waals surface area contributed by atoms with Crippen LogP contribution in [0.5, 0.6) is 0 Å². The van der Waals surface area contributed by atoms with Crippen molar-refractivity contribution in [1.82, 2.24) is 10.4 Å². The summed E-state index contributed by atoms with van der Waals surface area (Å²) in [5, 5.41) is 1.69. The Morgan fingerprint density at radius 2 is 2.22 bits per heavy atom. The molecule has 5 N–H and O–H groups in total. The number of hydrogen-bond acceptors (Lipinski definition) is 6. The van der Waals surface area contributed by atoms with Crippen LogP contribution in [0.4, 0.5) is 0 Å². The molecule has 0 spiro atoms. The lowest BCUT2D eigenvalue weighted by Crippen LogP contribution is -2.51. The van der Waals surface area contributed by atoms with Crippen LogP contribution >= 0.6 is 0 Å². The van der Waals surface area contributed by atoms with Crippen molar-refractivity contribution in [2.24, 2.45) is 21.5 Å². The molecule has 3 rings (SSSR count). The maximum Gasteiger partial charge on any atom is 0.208 e. The number of amidine groups is 2. The quantitative estimate of drug-likeness (QED) is 0.652. The van der Waals surface area contributed by atoms with Crippen molar-refractivity contribution in [2.75, 3.05) is 0 Å². The second kappa shape index (κ2) is 3.66. The lowest BCUT2D eigenvalue weighted by Gasteiger charge is -2.25. The Kier molecular flexibility index (Phi) is 2.22. The monoisotopic (exact) mass is 242 g/mol. The van der Waals surface area contributed by atoms with Gasteiger partial charge < -0.3 is 5.73 Å². The van der Waals surface area contributed by atoms with Crippen LogP contribution in [0.1, 0.15) is 11.1 Å². The molecule has 2 aliphatic rings. The summed E-state index contributed by atoms with van der Waals surface area (Å²) < 4.78 is 0. The Labute approximate surface area is 105 Å². The summed E-state index contributed by atoms with van der Waals surface area (Å²) in [6.45, 7) is 2.01. The molecule has 2 heterocycles. The summed E-state index contributed by atoms with van der Waals surface area (Å²) in [4.78, 5) is 8.43. The molecule has 0 saturated carbocycles. The van der Waals surface area contributed by atoms with Crippen LogP contribution in [0.15, 0.2) is 46.7 Å². The first-order chi connectivity index (χ1) is 8.58. The van der Waals surface area contributed by atoms with Gasteiger partial charge in [0.25, 0.3) is 0 Å². The van der Waals surface area contributed by atoms with Crippen LogP contribution in [0, 0.1) is 6.92 Å². The first-order valence-corrected chi connectivity index (χ1v) is 5.62. The standard InChI is InChI=1S/C12H14N6/c1-8-3-2-4-9(7-8)12(14)16-11-10(13)15-5-6-18(11)17-12/h2-7,17H,14H2,1H3,(H2,13,15). The van der Waals surface area contributed by atoms with Gasteiger partial charge in [0.1, 0.15) is 0 Å². The molecule has 0 amide bonds. The molecule has 2 aliphatic heterocycles. The minimum atomic E-state index is -1.00. The van der Waals surface area contributed by atoms with Crippen LogP contribution in [0.3, 0.4) is 0 Å². The van der Waals surface area contributed by atoms with Gasteiger partial charge in [-0.15, -0.1) is 0 Å². The highest BCUT2D eigenvalue weighted by Gasteiger charge is 2.38. The molecule has 1 atom stereocenters. The molecule has 92 valence electrons. The van der Waals surface area contributed by atoms with Crippen molar-refractivity contribution in [3.8, 4) is 0 Å². The van der Waals surface area contributed by atoms with Gasteiger partial charge in [0.05, 0.1) is 0 Å². The smallest absolute Gasteiger partial charge is 0.208 e. The zero-order chi connectivity index (χ0) is 12.8. The van der Waals surface area contributed by atoms with Crippen LogP contribution in [-0.2, 0) is 5.79 Å². The van der Waals surface area contributed by atoms with E-state index in [0.29, 0.717) is 11.7 Å². The summed E-state index contributed by atoms with van der Waals surface area (Å²) in [6.07, 6.45) is 3.34. The zero-order valence-electron chi connectivity index (χ0n) is 9.96. The average molecular weight is 242 g/mol. The molecule has 0 saturated heterocycles. The molecule has 18 heavy (non-hydrogen) atoms. The average Bonchev–Trinajstić information content (AvgIpc) is 2.69. The maximum absolute atomic E-state index is 6.29. The van der Waals surface area contributed by atoms with Gasteiger partial charge in [-0.25, -0.2) is 9.98 Å². The van der Waals surface area contributed by atoms with Crippen molar-refractivity contribution in [2.45, 2.75) is 12.7 Å². The van der Waals surface area contributed by atoms with Gasteiger partial charge in [-0.2, -0.15) is 5.43 Å². The highest BCUT2D eigenvalue weighted by Crippen LogP contribution is 2.24. The lowest BCUT2D eigenvalue weighted by atomic mass is 10.1. The fourth-order valence-electron chi connectivity index (χ4n) is 2.02. The topological polar surface area (TPSA) is 92.0 Å². The number of nitrogens with zero attached hydrogens (tertiary/aromatic N) is 3. The van der Waals surface area contributed by atoms with Crippen molar-refractivity contribution in [1.29, 1.82) is 0 Å². The molecule has 0 aliphatic carbocycles. The number of fused-ring (bicyclic) bond motifs is 1. The second-order valence-electron chi connectivity index (χ2n) is 4.37. The van der Waals surface area contributed by atoms with Gasteiger partial charge in [0.2, 0.25) is 5.79 Å². The maximum atomic E-state index is 6.29. The van der Waals surface area contributed by atoms with Crippen molar-refractivity contribution in [3.63, 3.8) is 0 Å². The highest BCUT2D eigenvalue weighted by atomic mass is 15.7. The molecule has 0 aromatic heterocycles. The number of benzene rings is 1. The third-order valence-electron chi connectivity index (χ3n) is 2.92. The van der Waals surface area contributed by atoms with E-state index in [0.717, 1.165) is 11.1 Å². The van der Waals surface area contributed by atoms with Crippen LogP contribution in [0.25, 0.3) is 0 Å². The summed E-state index contributed by atoms with van der Waals surface area (Å²) in [6, 6.07) is 7.88. The Morgan fingerprint density at radius 3 is 2.94 bits per heavy atom. The van der Waals surface area contributed by atoms with Gasteiger partial charge in [-0.3, -0.25) is 10.7 Å². The van der Waals surface area contributed by atoms with Crippen LogP contribution in [-0.4, -0.2) is 16.7 Å². The molecule has 0 radical (unpaired) electrons. The summed E-state index contributed by atoms with van der Waals surface area (Å²) in [5.74, 6) is -0.109. The zero-order valence-corrected chi connectivity index (χ0v) is 9.96. The Morgan fingerprint density at radius 1 is 1.39 bits per heavy atom. The number of hydrazine groups is 1. The molecule has 1 unspecified atom stereocenters. The Balaban J connectivity index is 2.04. The molecule has 6 heteroatoms.